The predicted octanol–water partition coefficient (Wildman–Crippen LogP) is 8.30. The Labute approximate surface area is 217 Å². The molecule has 0 atom stereocenters. The van der Waals surface area contributed by atoms with Crippen LogP contribution in [0, 0.1) is 0 Å². The van der Waals surface area contributed by atoms with Crippen LogP contribution in [0.5, 0.6) is 5.75 Å². The van der Waals surface area contributed by atoms with Crippen molar-refractivity contribution in [2.75, 3.05) is 0 Å². The highest BCUT2D eigenvalue weighted by atomic mass is 16.5. The molecule has 0 fully saturated rings. The fraction of sp³-hybridized carbons (Fsp3) is 0. The maximum absolute atomic E-state index is 11.3. The van der Waals surface area contributed by atoms with Crippen molar-refractivity contribution in [2.45, 2.75) is 0 Å². The van der Waals surface area contributed by atoms with E-state index in [9.17, 15) is 14.7 Å². The van der Waals surface area contributed by atoms with Gasteiger partial charge in [0.25, 0.3) is 6.47 Å². The second-order valence-corrected chi connectivity index (χ2v) is 9.40. The fourth-order valence-corrected chi connectivity index (χ4v) is 5.78. The molecule has 4 heteroatoms. The molecule has 0 radical (unpaired) electrons. The fourth-order valence-electron chi connectivity index (χ4n) is 5.78. The number of fused-ring (bicyclic) bond motifs is 2. The number of hydrogen-bond donors (Lipinski definition) is 1. The molecule has 0 aliphatic heterocycles. The lowest BCUT2D eigenvalue weighted by Gasteiger charge is -2.18. The quantitative estimate of drug-likeness (QED) is 0.149. The molecule has 180 valence electrons. The van der Waals surface area contributed by atoms with E-state index in [0.717, 1.165) is 27.6 Å². The van der Waals surface area contributed by atoms with E-state index < -0.39 is 5.97 Å². The number of rotatable bonds is 5. The standard InChI is InChI=1S/C34H20O4/c35-19-38-23-13-11-21(12-14-23)25-16-18-31-28-5-1-3-26-24(20-7-9-22(10-8-20)34(36)37)15-17-30(32(26)28)29-6-2-4-27(25)33(29)31/h1-19H,(H,36,37). The van der Waals surface area contributed by atoms with Crippen molar-refractivity contribution in [3.8, 4) is 28.0 Å². The molecule has 0 saturated heterocycles. The van der Waals surface area contributed by atoms with Gasteiger partial charge in [-0.2, -0.15) is 0 Å². The lowest BCUT2D eigenvalue weighted by atomic mass is 9.85. The van der Waals surface area contributed by atoms with E-state index in [1.807, 2.05) is 24.3 Å². The maximum Gasteiger partial charge on any atom is 0.335 e. The zero-order valence-electron chi connectivity index (χ0n) is 20.1. The number of carbonyl (C=O) groups is 2. The number of aromatic carboxylic acids is 1. The summed E-state index contributed by atoms with van der Waals surface area (Å²) in [5.74, 6) is -0.414. The number of benzene rings is 7. The van der Waals surface area contributed by atoms with Gasteiger partial charge in [0.15, 0.2) is 0 Å². The number of ether oxygens (including phenoxy) is 1. The number of hydrogen-bond acceptors (Lipinski definition) is 3. The van der Waals surface area contributed by atoms with E-state index in [4.69, 9.17) is 4.74 Å². The molecule has 7 aromatic carbocycles. The van der Waals surface area contributed by atoms with Crippen molar-refractivity contribution < 1.29 is 19.4 Å². The summed E-state index contributed by atoms with van der Waals surface area (Å²) in [6, 6.07) is 36.2. The summed E-state index contributed by atoms with van der Waals surface area (Å²) in [5.41, 5.74) is 4.51. The minimum atomic E-state index is -0.928. The van der Waals surface area contributed by atoms with E-state index in [-0.39, 0.29) is 5.56 Å². The number of carboxylic acid groups (broad SMARTS) is 1. The second kappa shape index (κ2) is 8.43. The monoisotopic (exact) mass is 492 g/mol. The first-order valence-electron chi connectivity index (χ1n) is 12.3. The summed E-state index contributed by atoms with van der Waals surface area (Å²) in [6.07, 6.45) is 0. The molecule has 0 spiro atoms. The van der Waals surface area contributed by atoms with E-state index in [2.05, 4.69) is 60.7 Å². The molecule has 4 nitrogen and oxygen atoms in total. The second-order valence-electron chi connectivity index (χ2n) is 9.40. The molecule has 0 saturated carbocycles. The molecule has 7 rings (SSSR count). The van der Waals surface area contributed by atoms with E-state index >= 15 is 0 Å². The van der Waals surface area contributed by atoms with E-state index in [0.29, 0.717) is 12.2 Å². The van der Waals surface area contributed by atoms with Gasteiger partial charge in [0, 0.05) is 0 Å². The lowest BCUT2D eigenvalue weighted by Crippen LogP contribution is -1.95. The predicted molar refractivity (Wildman–Crippen MR) is 152 cm³/mol. The largest absolute Gasteiger partial charge is 0.478 e. The zero-order chi connectivity index (χ0) is 25.8. The van der Waals surface area contributed by atoms with Crippen LogP contribution in [-0.2, 0) is 4.79 Å². The van der Waals surface area contributed by atoms with Crippen LogP contribution in [0.15, 0.2) is 109 Å². The van der Waals surface area contributed by atoms with Crippen LogP contribution in [-0.4, -0.2) is 17.5 Å². The Morgan fingerprint density at radius 2 is 1.00 bits per heavy atom. The number of carboxylic acids is 1. The third kappa shape index (κ3) is 3.24. The summed E-state index contributed by atoms with van der Waals surface area (Å²) >= 11 is 0. The molecule has 1 N–H and O–H groups in total. The van der Waals surface area contributed by atoms with Gasteiger partial charge in [-0.05, 0) is 89.6 Å². The third-order valence-corrected chi connectivity index (χ3v) is 7.45. The highest BCUT2D eigenvalue weighted by molar-refractivity contribution is 6.35. The van der Waals surface area contributed by atoms with Gasteiger partial charge in [0.1, 0.15) is 5.75 Å². The van der Waals surface area contributed by atoms with Gasteiger partial charge >= 0.3 is 5.97 Å². The summed E-state index contributed by atoms with van der Waals surface area (Å²) < 4.78 is 4.97. The maximum atomic E-state index is 11.3. The average Bonchev–Trinajstić information content (AvgIpc) is 2.96. The summed E-state index contributed by atoms with van der Waals surface area (Å²) in [5, 5.41) is 18.8. The first-order chi connectivity index (χ1) is 18.6. The van der Waals surface area contributed by atoms with Crippen LogP contribution in [0.25, 0.3) is 65.3 Å². The summed E-state index contributed by atoms with van der Waals surface area (Å²) in [4.78, 5) is 22.0. The van der Waals surface area contributed by atoms with Crippen molar-refractivity contribution in [3.63, 3.8) is 0 Å². The van der Waals surface area contributed by atoms with Crippen molar-refractivity contribution in [1.82, 2.24) is 0 Å². The summed E-state index contributed by atoms with van der Waals surface area (Å²) in [7, 11) is 0. The van der Waals surface area contributed by atoms with Crippen molar-refractivity contribution in [2.24, 2.45) is 0 Å². The molecule has 7 aromatic rings. The third-order valence-electron chi connectivity index (χ3n) is 7.45. The zero-order valence-corrected chi connectivity index (χ0v) is 20.1. The van der Waals surface area contributed by atoms with Gasteiger partial charge in [-0.25, -0.2) is 4.79 Å². The molecule has 0 unspecified atom stereocenters. The molecular formula is C34H20O4. The van der Waals surface area contributed by atoms with Gasteiger partial charge in [-0.15, -0.1) is 0 Å². The van der Waals surface area contributed by atoms with Gasteiger partial charge in [-0.1, -0.05) is 84.9 Å². The van der Waals surface area contributed by atoms with Crippen LogP contribution in [0.3, 0.4) is 0 Å². The van der Waals surface area contributed by atoms with Gasteiger partial charge < -0.3 is 9.84 Å². The Hall–Kier alpha value is -5.22. The highest BCUT2D eigenvalue weighted by Gasteiger charge is 2.17. The van der Waals surface area contributed by atoms with Crippen molar-refractivity contribution in [1.29, 1.82) is 0 Å². The van der Waals surface area contributed by atoms with Crippen LogP contribution in [0.1, 0.15) is 10.4 Å². The smallest absolute Gasteiger partial charge is 0.335 e. The first-order valence-corrected chi connectivity index (χ1v) is 12.3. The molecule has 0 amide bonds. The Balaban J connectivity index is 1.50. The van der Waals surface area contributed by atoms with Crippen LogP contribution in [0.2, 0.25) is 0 Å². The van der Waals surface area contributed by atoms with Crippen LogP contribution < -0.4 is 4.74 Å². The topological polar surface area (TPSA) is 63.6 Å². The molecule has 0 aliphatic rings. The molecule has 0 aliphatic carbocycles. The molecule has 38 heavy (non-hydrogen) atoms. The van der Waals surface area contributed by atoms with E-state index in [1.165, 1.54) is 37.7 Å². The normalized spacial score (nSPS) is 11.5. The number of carbonyl (C=O) groups excluding carboxylic acids is 1. The Kier molecular flexibility index (Phi) is 4.88. The molecular weight excluding hydrogens is 472 g/mol. The molecule has 0 heterocycles. The molecule has 0 aromatic heterocycles. The van der Waals surface area contributed by atoms with Crippen molar-refractivity contribution in [3.05, 3.63) is 115 Å². The van der Waals surface area contributed by atoms with Gasteiger partial charge in [0.2, 0.25) is 0 Å². The SMILES string of the molecule is O=COc1ccc(-c2ccc3c4cccc5c(-c6ccc(C(=O)O)cc6)ccc(c6cccc2c63)c54)cc1. The van der Waals surface area contributed by atoms with Gasteiger partial charge in [-0.3, -0.25) is 4.79 Å². The minimum absolute atomic E-state index is 0.277. The Morgan fingerprint density at radius 1 is 0.553 bits per heavy atom. The lowest BCUT2D eigenvalue weighted by molar-refractivity contribution is -0.120. The Morgan fingerprint density at radius 3 is 1.47 bits per heavy atom. The Bertz CT molecular complexity index is 2000. The summed E-state index contributed by atoms with van der Waals surface area (Å²) in [6.45, 7) is 0.437. The average molecular weight is 493 g/mol. The molecule has 0 bridgehead atoms. The highest BCUT2D eigenvalue weighted by Crippen LogP contribution is 2.45. The van der Waals surface area contributed by atoms with Crippen LogP contribution >= 0.6 is 0 Å². The van der Waals surface area contributed by atoms with E-state index in [1.54, 1.807) is 24.3 Å². The van der Waals surface area contributed by atoms with Crippen molar-refractivity contribution >= 4 is 55.5 Å². The first kappa shape index (κ1) is 22.0. The minimum Gasteiger partial charge on any atom is -0.478 e. The van der Waals surface area contributed by atoms with Gasteiger partial charge in [0.05, 0.1) is 5.56 Å². The van der Waals surface area contributed by atoms with Crippen LogP contribution in [0.4, 0.5) is 0 Å².